The Labute approximate surface area is 169 Å². The Morgan fingerprint density at radius 3 is 2.52 bits per heavy atom. The van der Waals surface area contributed by atoms with Gasteiger partial charge in [0.2, 0.25) is 5.91 Å². The SMILES string of the molecule is CN(CC(=O)N1CCCC(C(=O)O)C1)C(=O)c1ccccc1Nc1ccccc1. The van der Waals surface area contributed by atoms with Crippen LogP contribution in [0.5, 0.6) is 0 Å². The highest BCUT2D eigenvalue weighted by Gasteiger charge is 2.29. The van der Waals surface area contributed by atoms with Gasteiger partial charge in [-0.1, -0.05) is 30.3 Å². The molecule has 0 spiro atoms. The molecule has 29 heavy (non-hydrogen) atoms. The molecule has 2 aromatic carbocycles. The van der Waals surface area contributed by atoms with Crippen LogP contribution in [0.2, 0.25) is 0 Å². The second-order valence-electron chi connectivity index (χ2n) is 7.21. The number of hydrogen-bond donors (Lipinski definition) is 2. The van der Waals surface area contributed by atoms with E-state index in [4.69, 9.17) is 0 Å². The first-order chi connectivity index (χ1) is 14.0. The second-order valence-corrected chi connectivity index (χ2v) is 7.21. The molecule has 0 bridgehead atoms. The summed E-state index contributed by atoms with van der Waals surface area (Å²) in [6, 6.07) is 16.7. The average Bonchev–Trinajstić information content (AvgIpc) is 2.74. The van der Waals surface area contributed by atoms with E-state index in [0.29, 0.717) is 30.6 Å². The fraction of sp³-hybridized carbons (Fsp3) is 0.318. The fourth-order valence-electron chi connectivity index (χ4n) is 3.44. The lowest BCUT2D eigenvalue weighted by atomic mass is 9.98. The minimum atomic E-state index is -0.882. The fourth-order valence-corrected chi connectivity index (χ4v) is 3.44. The Kier molecular flexibility index (Phi) is 6.49. The van der Waals surface area contributed by atoms with Gasteiger partial charge < -0.3 is 20.2 Å². The summed E-state index contributed by atoms with van der Waals surface area (Å²) in [7, 11) is 1.58. The van der Waals surface area contributed by atoms with Crippen LogP contribution in [-0.2, 0) is 9.59 Å². The third-order valence-electron chi connectivity index (χ3n) is 5.05. The number of hydrogen-bond acceptors (Lipinski definition) is 4. The zero-order valence-electron chi connectivity index (χ0n) is 16.4. The molecule has 0 saturated carbocycles. The van der Waals surface area contributed by atoms with Crippen LogP contribution in [0.15, 0.2) is 54.6 Å². The first-order valence-corrected chi connectivity index (χ1v) is 9.63. The molecule has 0 aliphatic carbocycles. The quantitative estimate of drug-likeness (QED) is 0.785. The molecule has 152 valence electrons. The average molecular weight is 395 g/mol. The molecule has 0 radical (unpaired) electrons. The molecule has 1 unspecified atom stereocenters. The monoisotopic (exact) mass is 395 g/mol. The summed E-state index contributed by atoms with van der Waals surface area (Å²) < 4.78 is 0. The number of rotatable bonds is 6. The third-order valence-corrected chi connectivity index (χ3v) is 5.05. The van der Waals surface area contributed by atoms with Gasteiger partial charge in [-0.3, -0.25) is 14.4 Å². The number of nitrogens with one attached hydrogen (secondary N) is 1. The smallest absolute Gasteiger partial charge is 0.308 e. The summed E-state index contributed by atoms with van der Waals surface area (Å²) in [5.41, 5.74) is 1.99. The Morgan fingerprint density at radius 1 is 1.10 bits per heavy atom. The zero-order valence-corrected chi connectivity index (χ0v) is 16.4. The van der Waals surface area contributed by atoms with Crippen LogP contribution in [0.25, 0.3) is 0 Å². The lowest BCUT2D eigenvalue weighted by Crippen LogP contribution is -2.47. The highest BCUT2D eigenvalue weighted by Crippen LogP contribution is 2.22. The first kappa shape index (κ1) is 20.4. The van der Waals surface area contributed by atoms with E-state index in [9.17, 15) is 19.5 Å². The van der Waals surface area contributed by atoms with Crippen molar-refractivity contribution in [3.05, 3.63) is 60.2 Å². The maximum absolute atomic E-state index is 13.0. The van der Waals surface area contributed by atoms with Gasteiger partial charge in [-0.05, 0) is 37.1 Å². The maximum Gasteiger partial charge on any atom is 0.308 e. The summed E-state index contributed by atoms with van der Waals surface area (Å²) in [4.78, 5) is 39.7. The molecule has 1 heterocycles. The van der Waals surface area contributed by atoms with E-state index >= 15 is 0 Å². The molecule has 2 N–H and O–H groups in total. The number of anilines is 2. The molecule has 1 atom stereocenters. The van der Waals surface area contributed by atoms with E-state index in [1.54, 1.807) is 24.1 Å². The second kappa shape index (κ2) is 9.23. The van der Waals surface area contributed by atoms with Gasteiger partial charge in [-0.15, -0.1) is 0 Å². The number of carboxylic acids is 1. The van der Waals surface area contributed by atoms with Gasteiger partial charge in [0, 0.05) is 25.8 Å². The van der Waals surface area contributed by atoms with Crippen molar-refractivity contribution in [2.75, 3.05) is 32.0 Å². The van der Waals surface area contributed by atoms with Gasteiger partial charge in [0.15, 0.2) is 0 Å². The predicted molar refractivity (Wildman–Crippen MR) is 110 cm³/mol. The van der Waals surface area contributed by atoms with E-state index in [1.807, 2.05) is 42.5 Å². The molecule has 1 aliphatic rings. The zero-order chi connectivity index (χ0) is 20.8. The lowest BCUT2D eigenvalue weighted by molar-refractivity contribution is -0.145. The number of likely N-dealkylation sites (tertiary alicyclic amines) is 1. The van der Waals surface area contributed by atoms with E-state index in [-0.39, 0.29) is 24.9 Å². The Bertz CT molecular complexity index is 885. The molecule has 3 rings (SSSR count). The topological polar surface area (TPSA) is 90.0 Å². The van der Waals surface area contributed by atoms with Gasteiger partial charge in [0.1, 0.15) is 0 Å². The molecular formula is C22H25N3O4. The van der Waals surface area contributed by atoms with E-state index in [0.717, 1.165) is 5.69 Å². The van der Waals surface area contributed by atoms with E-state index in [1.165, 1.54) is 4.90 Å². The van der Waals surface area contributed by atoms with Crippen LogP contribution in [0.1, 0.15) is 23.2 Å². The van der Waals surface area contributed by atoms with Crippen molar-refractivity contribution in [1.82, 2.24) is 9.80 Å². The number of carboxylic acid groups (broad SMARTS) is 1. The molecular weight excluding hydrogens is 370 g/mol. The van der Waals surface area contributed by atoms with Crippen LogP contribution >= 0.6 is 0 Å². The van der Waals surface area contributed by atoms with Crippen molar-refractivity contribution in [1.29, 1.82) is 0 Å². The minimum absolute atomic E-state index is 0.0924. The van der Waals surface area contributed by atoms with Crippen LogP contribution < -0.4 is 5.32 Å². The highest BCUT2D eigenvalue weighted by molar-refractivity contribution is 6.01. The summed E-state index contributed by atoms with van der Waals surface area (Å²) in [6.07, 6.45) is 1.23. The standard InChI is InChI=1S/C22H25N3O4/c1-24(15-20(26)25-13-7-8-16(14-25)22(28)29)21(27)18-11-5-6-12-19(18)23-17-9-3-2-4-10-17/h2-6,9-12,16,23H,7-8,13-15H2,1H3,(H,28,29). The highest BCUT2D eigenvalue weighted by atomic mass is 16.4. The number of likely N-dealkylation sites (N-methyl/N-ethyl adjacent to an activating group) is 1. The van der Waals surface area contributed by atoms with Crippen molar-refractivity contribution < 1.29 is 19.5 Å². The Morgan fingerprint density at radius 2 is 1.79 bits per heavy atom. The van der Waals surface area contributed by atoms with Crippen molar-refractivity contribution >= 4 is 29.2 Å². The van der Waals surface area contributed by atoms with E-state index < -0.39 is 11.9 Å². The number of nitrogens with zero attached hydrogens (tertiary/aromatic N) is 2. The van der Waals surface area contributed by atoms with Gasteiger partial charge in [0.25, 0.3) is 5.91 Å². The van der Waals surface area contributed by atoms with Crippen LogP contribution in [0.4, 0.5) is 11.4 Å². The molecule has 2 amide bonds. The van der Waals surface area contributed by atoms with Gasteiger partial charge >= 0.3 is 5.97 Å². The summed E-state index contributed by atoms with van der Waals surface area (Å²) in [6.45, 7) is 0.629. The van der Waals surface area contributed by atoms with Gasteiger partial charge in [-0.2, -0.15) is 0 Å². The summed E-state index contributed by atoms with van der Waals surface area (Å²) in [5.74, 6) is -1.93. The largest absolute Gasteiger partial charge is 0.481 e. The van der Waals surface area contributed by atoms with Crippen LogP contribution in [0.3, 0.4) is 0 Å². The molecule has 1 aliphatic heterocycles. The van der Waals surface area contributed by atoms with Gasteiger partial charge in [-0.25, -0.2) is 0 Å². The number of benzene rings is 2. The number of para-hydroxylation sites is 2. The summed E-state index contributed by atoms with van der Waals surface area (Å²) >= 11 is 0. The first-order valence-electron chi connectivity index (χ1n) is 9.63. The molecule has 7 heteroatoms. The number of carbonyl (C=O) groups is 3. The normalized spacial score (nSPS) is 16.2. The van der Waals surface area contributed by atoms with Crippen molar-refractivity contribution in [2.45, 2.75) is 12.8 Å². The number of aliphatic carboxylic acids is 1. The predicted octanol–water partition coefficient (Wildman–Crippen LogP) is 2.83. The van der Waals surface area contributed by atoms with Crippen molar-refractivity contribution in [2.24, 2.45) is 5.92 Å². The van der Waals surface area contributed by atoms with Crippen LogP contribution in [0, 0.1) is 5.92 Å². The number of amides is 2. The number of piperidine rings is 1. The van der Waals surface area contributed by atoms with E-state index in [2.05, 4.69) is 5.32 Å². The molecule has 7 nitrogen and oxygen atoms in total. The molecule has 2 aromatic rings. The maximum atomic E-state index is 13.0. The minimum Gasteiger partial charge on any atom is -0.481 e. The Hall–Kier alpha value is -3.35. The lowest BCUT2D eigenvalue weighted by Gasteiger charge is -2.32. The van der Waals surface area contributed by atoms with Crippen molar-refractivity contribution in [3.63, 3.8) is 0 Å². The van der Waals surface area contributed by atoms with Gasteiger partial charge in [0.05, 0.1) is 23.7 Å². The Balaban J connectivity index is 1.67. The molecule has 1 fully saturated rings. The molecule has 0 aromatic heterocycles. The van der Waals surface area contributed by atoms with Crippen molar-refractivity contribution in [3.8, 4) is 0 Å². The number of carbonyl (C=O) groups excluding carboxylic acids is 2. The summed E-state index contributed by atoms with van der Waals surface area (Å²) in [5, 5.41) is 12.4. The van der Waals surface area contributed by atoms with Crippen LogP contribution in [-0.4, -0.2) is 59.4 Å². The third kappa shape index (κ3) is 5.13. The molecule has 1 saturated heterocycles.